The van der Waals surface area contributed by atoms with Gasteiger partial charge in [0.15, 0.2) is 11.0 Å². The highest BCUT2D eigenvalue weighted by atomic mass is 79.9. The summed E-state index contributed by atoms with van der Waals surface area (Å²) in [4.78, 5) is 17.4. The van der Waals surface area contributed by atoms with Crippen LogP contribution in [0.2, 0.25) is 0 Å². The quantitative estimate of drug-likeness (QED) is 0.186. The minimum atomic E-state index is -0.231. The van der Waals surface area contributed by atoms with Crippen molar-refractivity contribution in [3.63, 3.8) is 0 Å². The van der Waals surface area contributed by atoms with Crippen LogP contribution < -0.4 is 5.43 Å². The Hall–Kier alpha value is -2.34. The average molecular weight is 578 g/mol. The second-order valence-corrected chi connectivity index (χ2v) is 10.4. The number of carbonyl (C=O) groups excluding carboxylic acids is 1. The topological polar surface area (TPSA) is 85.1 Å². The van der Waals surface area contributed by atoms with Crippen molar-refractivity contribution in [1.82, 2.24) is 25.2 Å². The minimum absolute atomic E-state index is 0.146. The first-order chi connectivity index (χ1) is 15.1. The molecule has 0 bridgehead atoms. The first-order valence-corrected chi connectivity index (χ1v) is 12.3. The number of amides is 1. The van der Waals surface area contributed by atoms with Gasteiger partial charge in [0.2, 0.25) is 0 Å². The molecule has 11 heteroatoms. The van der Waals surface area contributed by atoms with Crippen LogP contribution in [0.3, 0.4) is 0 Å². The molecule has 0 aliphatic heterocycles. The molecule has 156 valence electrons. The van der Waals surface area contributed by atoms with E-state index in [4.69, 9.17) is 0 Å². The van der Waals surface area contributed by atoms with Crippen molar-refractivity contribution in [3.05, 3.63) is 74.1 Å². The highest BCUT2D eigenvalue weighted by molar-refractivity contribution is 9.11. The zero-order valence-corrected chi connectivity index (χ0v) is 20.6. The van der Waals surface area contributed by atoms with Crippen LogP contribution in [0, 0.1) is 0 Å². The molecule has 4 aromatic rings. The van der Waals surface area contributed by atoms with Crippen LogP contribution >= 0.6 is 55.0 Å². The molecule has 1 amide bonds. The van der Waals surface area contributed by atoms with Crippen molar-refractivity contribution >= 4 is 67.1 Å². The summed E-state index contributed by atoms with van der Waals surface area (Å²) in [6.07, 6.45) is 5.06. The number of carbonyl (C=O) groups is 1. The Labute approximate surface area is 203 Å². The number of aromatic nitrogens is 4. The monoisotopic (exact) mass is 576 g/mol. The van der Waals surface area contributed by atoms with Gasteiger partial charge in [-0.3, -0.25) is 14.3 Å². The van der Waals surface area contributed by atoms with Gasteiger partial charge in [-0.15, -0.1) is 21.5 Å². The molecule has 0 unspecified atom stereocenters. The molecule has 0 saturated heterocycles. The molecule has 0 aliphatic rings. The van der Waals surface area contributed by atoms with Gasteiger partial charge in [-0.05, 0) is 64.5 Å². The van der Waals surface area contributed by atoms with Gasteiger partial charge >= 0.3 is 0 Å². The van der Waals surface area contributed by atoms with E-state index in [9.17, 15) is 4.79 Å². The van der Waals surface area contributed by atoms with E-state index in [0.717, 1.165) is 24.4 Å². The number of nitrogens with one attached hydrogen (secondary N) is 1. The summed E-state index contributed by atoms with van der Waals surface area (Å²) in [5, 5.41) is 13.3. The summed E-state index contributed by atoms with van der Waals surface area (Å²) in [5.41, 5.74) is 4.26. The highest BCUT2D eigenvalue weighted by Crippen LogP contribution is 2.28. The molecule has 0 aliphatic carbocycles. The maximum atomic E-state index is 12.3. The Balaban J connectivity index is 1.51. The molecule has 0 fully saturated rings. The molecule has 4 rings (SSSR count). The number of benzene rings is 1. The lowest BCUT2D eigenvalue weighted by Gasteiger charge is -2.10. The van der Waals surface area contributed by atoms with Gasteiger partial charge < -0.3 is 0 Å². The summed E-state index contributed by atoms with van der Waals surface area (Å²) >= 11 is 9.67. The number of rotatable bonds is 7. The second-order valence-electron chi connectivity index (χ2n) is 6.08. The van der Waals surface area contributed by atoms with Gasteiger partial charge in [-0.1, -0.05) is 27.7 Å². The molecular weight excluding hydrogens is 564 g/mol. The summed E-state index contributed by atoms with van der Waals surface area (Å²) < 4.78 is 3.89. The predicted octanol–water partition coefficient (Wildman–Crippen LogP) is 5.16. The molecule has 31 heavy (non-hydrogen) atoms. The fourth-order valence-electron chi connectivity index (χ4n) is 2.60. The van der Waals surface area contributed by atoms with Crippen LogP contribution in [0.5, 0.6) is 0 Å². The van der Waals surface area contributed by atoms with Crippen LogP contribution in [0.15, 0.2) is 79.4 Å². The van der Waals surface area contributed by atoms with Crippen LogP contribution in [0.4, 0.5) is 0 Å². The molecule has 1 N–H and O–H groups in total. The molecule has 7 nitrogen and oxygen atoms in total. The fraction of sp³-hybridized carbons (Fsp3) is 0.0500. The Kier molecular flexibility index (Phi) is 7.28. The first-order valence-electron chi connectivity index (χ1n) is 8.92. The Morgan fingerprint density at radius 2 is 2.00 bits per heavy atom. The minimum Gasteiger partial charge on any atom is -0.272 e. The van der Waals surface area contributed by atoms with E-state index in [-0.39, 0.29) is 11.7 Å². The van der Waals surface area contributed by atoms with E-state index < -0.39 is 0 Å². The third kappa shape index (κ3) is 5.67. The maximum Gasteiger partial charge on any atom is 0.250 e. The second kappa shape index (κ2) is 10.3. The molecule has 0 spiro atoms. The van der Waals surface area contributed by atoms with E-state index in [1.807, 2.05) is 53.1 Å². The van der Waals surface area contributed by atoms with E-state index in [2.05, 4.69) is 57.6 Å². The molecule has 1 aromatic carbocycles. The zero-order valence-electron chi connectivity index (χ0n) is 15.8. The van der Waals surface area contributed by atoms with Crippen molar-refractivity contribution in [1.29, 1.82) is 0 Å². The lowest BCUT2D eigenvalue weighted by molar-refractivity contribution is -0.118. The third-order valence-electron chi connectivity index (χ3n) is 3.95. The van der Waals surface area contributed by atoms with Gasteiger partial charge in [0, 0.05) is 33.0 Å². The van der Waals surface area contributed by atoms with Gasteiger partial charge in [-0.2, -0.15) is 5.10 Å². The molecule has 0 radical (unpaired) electrons. The first kappa shape index (κ1) is 21.9. The Morgan fingerprint density at radius 1 is 1.16 bits per heavy atom. The van der Waals surface area contributed by atoms with Crippen LogP contribution in [0.25, 0.3) is 17.1 Å². The summed E-state index contributed by atoms with van der Waals surface area (Å²) in [7, 11) is 0. The van der Waals surface area contributed by atoms with Crippen LogP contribution in [-0.4, -0.2) is 37.6 Å². The van der Waals surface area contributed by atoms with E-state index in [1.165, 1.54) is 23.1 Å². The average Bonchev–Trinajstić information content (AvgIpc) is 3.39. The largest absolute Gasteiger partial charge is 0.272 e. The van der Waals surface area contributed by atoms with Crippen molar-refractivity contribution in [2.45, 2.75) is 5.16 Å². The van der Waals surface area contributed by atoms with E-state index in [0.29, 0.717) is 11.0 Å². The maximum absolute atomic E-state index is 12.3. The van der Waals surface area contributed by atoms with E-state index >= 15 is 0 Å². The standard InChI is InChI=1S/C20H14Br2N6OS2/c21-14-3-5-15(6-4-14)28-19(13-2-1-9-23-10-13)26-27-20(28)30-12-18(29)25-24-11-16-7-8-17(22)31-16/h1-11H,12H2,(H,25,29). The number of thiophene rings is 1. The molecular formula is C20H14Br2N6OS2. The van der Waals surface area contributed by atoms with Gasteiger partial charge in [0.1, 0.15) is 0 Å². The molecule has 0 saturated carbocycles. The van der Waals surface area contributed by atoms with Crippen molar-refractivity contribution in [2.75, 3.05) is 5.75 Å². The van der Waals surface area contributed by atoms with Gasteiger partial charge in [-0.25, -0.2) is 5.43 Å². The SMILES string of the molecule is O=C(CSc1nnc(-c2cccnc2)n1-c1ccc(Br)cc1)NN=Cc1ccc(Br)s1. The summed E-state index contributed by atoms with van der Waals surface area (Å²) in [6.45, 7) is 0. The number of halogens is 2. The normalized spacial score (nSPS) is 11.2. The highest BCUT2D eigenvalue weighted by Gasteiger charge is 2.17. The lowest BCUT2D eigenvalue weighted by Crippen LogP contribution is -2.19. The van der Waals surface area contributed by atoms with E-state index in [1.54, 1.807) is 18.6 Å². The van der Waals surface area contributed by atoms with Crippen molar-refractivity contribution in [3.8, 4) is 17.1 Å². The smallest absolute Gasteiger partial charge is 0.250 e. The number of pyridine rings is 1. The van der Waals surface area contributed by atoms with Crippen LogP contribution in [-0.2, 0) is 4.79 Å². The Morgan fingerprint density at radius 3 is 2.71 bits per heavy atom. The van der Waals surface area contributed by atoms with Crippen molar-refractivity contribution < 1.29 is 4.79 Å². The van der Waals surface area contributed by atoms with Crippen molar-refractivity contribution in [2.24, 2.45) is 5.10 Å². The zero-order chi connectivity index (χ0) is 21.6. The lowest BCUT2D eigenvalue weighted by atomic mass is 10.2. The fourth-order valence-corrected chi connectivity index (χ4v) is 4.90. The van der Waals surface area contributed by atoms with Gasteiger partial charge in [0.05, 0.1) is 15.8 Å². The van der Waals surface area contributed by atoms with Crippen LogP contribution in [0.1, 0.15) is 4.88 Å². The summed E-state index contributed by atoms with van der Waals surface area (Å²) in [6, 6.07) is 15.4. The predicted molar refractivity (Wildman–Crippen MR) is 131 cm³/mol. The molecule has 0 atom stereocenters. The molecule has 3 heterocycles. The molecule has 3 aromatic heterocycles. The number of nitrogens with zero attached hydrogens (tertiary/aromatic N) is 5. The number of hydrogen-bond donors (Lipinski definition) is 1. The van der Waals surface area contributed by atoms with Gasteiger partial charge in [0.25, 0.3) is 5.91 Å². The number of thioether (sulfide) groups is 1. The summed E-state index contributed by atoms with van der Waals surface area (Å²) in [5.74, 6) is 0.567. The third-order valence-corrected chi connectivity index (χ3v) is 6.96. The Bertz CT molecular complexity index is 1210. The number of hydrogen-bond acceptors (Lipinski definition) is 7. The number of hydrazone groups is 1.